The minimum absolute atomic E-state index is 0.117. The Morgan fingerprint density at radius 1 is 1.35 bits per heavy atom. The molecule has 112 valence electrons. The zero-order valence-electron chi connectivity index (χ0n) is 11.3. The maximum absolute atomic E-state index is 11.9. The van der Waals surface area contributed by atoms with Gasteiger partial charge in [0.05, 0.1) is 27.5 Å². The molecule has 1 rings (SSSR count). The van der Waals surface area contributed by atoms with Crippen LogP contribution in [0.1, 0.15) is 13.8 Å². The van der Waals surface area contributed by atoms with Crippen molar-refractivity contribution < 1.29 is 13.2 Å². The number of halogens is 2. The first-order valence-electron chi connectivity index (χ1n) is 5.82. The highest BCUT2D eigenvalue weighted by molar-refractivity contribution is 9.10. The van der Waals surface area contributed by atoms with Crippen molar-refractivity contribution in [1.29, 1.82) is 0 Å². The van der Waals surface area contributed by atoms with Gasteiger partial charge in [0, 0.05) is 0 Å². The fourth-order valence-corrected chi connectivity index (χ4v) is 2.24. The normalized spacial score (nSPS) is 13.1. The molecule has 0 aliphatic carbocycles. The number of amides is 1. The summed E-state index contributed by atoms with van der Waals surface area (Å²) in [6.45, 7) is 3.81. The molecule has 0 aliphatic rings. The van der Waals surface area contributed by atoms with E-state index in [2.05, 4.69) is 26.0 Å². The average molecular weight is 384 g/mol. The summed E-state index contributed by atoms with van der Waals surface area (Å²) >= 11 is 9.28. The van der Waals surface area contributed by atoms with Gasteiger partial charge in [0.25, 0.3) is 0 Å². The molecule has 0 saturated carbocycles. The van der Waals surface area contributed by atoms with Gasteiger partial charge in [-0.3, -0.25) is 9.52 Å². The summed E-state index contributed by atoms with van der Waals surface area (Å²) < 4.78 is 24.7. The number of alkyl halides is 1. The molecule has 0 fully saturated rings. The Morgan fingerprint density at radius 3 is 2.45 bits per heavy atom. The predicted molar refractivity (Wildman–Crippen MR) is 86.1 cm³/mol. The molecule has 1 amide bonds. The molecule has 1 aromatic rings. The number of carbonyl (C=O) groups excluding carboxylic acids is 1. The van der Waals surface area contributed by atoms with Crippen molar-refractivity contribution >= 4 is 54.8 Å². The number of sulfonamides is 1. The van der Waals surface area contributed by atoms with Crippen molar-refractivity contribution in [3.63, 3.8) is 0 Å². The maximum Gasteiger partial charge on any atom is 0.238 e. The summed E-state index contributed by atoms with van der Waals surface area (Å²) in [5, 5.41) is 3.00. The zero-order valence-corrected chi connectivity index (χ0v) is 14.4. The van der Waals surface area contributed by atoms with Crippen LogP contribution in [0.15, 0.2) is 18.2 Å². The number of anilines is 2. The first kappa shape index (κ1) is 17.3. The van der Waals surface area contributed by atoms with Crippen molar-refractivity contribution in [2.75, 3.05) is 16.3 Å². The third-order valence-electron chi connectivity index (χ3n) is 2.36. The van der Waals surface area contributed by atoms with E-state index in [1.54, 1.807) is 0 Å². The number of nitrogens with one attached hydrogen (secondary N) is 2. The van der Waals surface area contributed by atoms with Crippen LogP contribution >= 0.6 is 27.5 Å². The summed E-state index contributed by atoms with van der Waals surface area (Å²) in [6.07, 6.45) is 1.05. The van der Waals surface area contributed by atoms with Crippen LogP contribution in [0.5, 0.6) is 0 Å². The van der Waals surface area contributed by atoms with E-state index in [0.29, 0.717) is 16.4 Å². The maximum atomic E-state index is 11.9. The van der Waals surface area contributed by atoms with E-state index in [0.717, 1.165) is 6.26 Å². The third kappa shape index (κ3) is 5.30. The molecule has 1 unspecified atom stereocenters. The lowest BCUT2D eigenvalue weighted by Gasteiger charge is -2.15. The van der Waals surface area contributed by atoms with Crippen LogP contribution in [0.2, 0.25) is 5.02 Å². The van der Waals surface area contributed by atoms with E-state index in [1.165, 1.54) is 18.2 Å². The van der Waals surface area contributed by atoms with Gasteiger partial charge in [-0.05, 0) is 24.1 Å². The van der Waals surface area contributed by atoms with Crippen molar-refractivity contribution in [2.45, 2.75) is 18.7 Å². The average Bonchev–Trinajstić information content (AvgIpc) is 2.30. The second-order valence-electron chi connectivity index (χ2n) is 4.70. The lowest BCUT2D eigenvalue weighted by Crippen LogP contribution is -2.27. The number of hydrogen-bond acceptors (Lipinski definition) is 3. The van der Waals surface area contributed by atoms with Gasteiger partial charge >= 0.3 is 0 Å². The molecular weight excluding hydrogens is 368 g/mol. The van der Waals surface area contributed by atoms with E-state index in [9.17, 15) is 13.2 Å². The highest BCUT2D eigenvalue weighted by Gasteiger charge is 2.19. The molecule has 0 radical (unpaired) electrons. The van der Waals surface area contributed by atoms with E-state index < -0.39 is 10.0 Å². The van der Waals surface area contributed by atoms with E-state index in [-0.39, 0.29) is 16.7 Å². The highest BCUT2D eigenvalue weighted by atomic mass is 79.9. The van der Waals surface area contributed by atoms with Crippen molar-refractivity contribution in [3.05, 3.63) is 23.2 Å². The topological polar surface area (TPSA) is 75.3 Å². The van der Waals surface area contributed by atoms with Crippen LogP contribution < -0.4 is 10.0 Å². The first-order valence-corrected chi connectivity index (χ1v) is 9.01. The third-order valence-corrected chi connectivity index (χ3v) is 4.77. The van der Waals surface area contributed by atoms with Crippen LogP contribution in [0, 0.1) is 5.92 Å². The molecule has 2 N–H and O–H groups in total. The Balaban J connectivity index is 2.95. The monoisotopic (exact) mass is 382 g/mol. The molecule has 0 aliphatic heterocycles. The first-order chi connectivity index (χ1) is 9.10. The summed E-state index contributed by atoms with van der Waals surface area (Å²) in [7, 11) is -3.38. The molecule has 1 aromatic carbocycles. The van der Waals surface area contributed by atoms with Gasteiger partial charge in [-0.25, -0.2) is 8.42 Å². The summed E-state index contributed by atoms with van der Waals surface area (Å²) in [5.74, 6) is -0.121. The van der Waals surface area contributed by atoms with Gasteiger partial charge < -0.3 is 5.32 Å². The fraction of sp³-hybridized carbons (Fsp3) is 0.417. The molecule has 1 atom stereocenters. The van der Waals surface area contributed by atoms with Crippen LogP contribution in [0.25, 0.3) is 0 Å². The lowest BCUT2D eigenvalue weighted by atomic mass is 10.1. The Bertz CT molecular complexity index is 605. The van der Waals surface area contributed by atoms with E-state index in [1.807, 2.05) is 13.8 Å². The van der Waals surface area contributed by atoms with Crippen molar-refractivity contribution in [2.24, 2.45) is 5.92 Å². The minimum atomic E-state index is -3.38. The van der Waals surface area contributed by atoms with E-state index >= 15 is 0 Å². The standard InChI is InChI=1S/C12H16BrClN2O3S/c1-7(2)11(13)12(17)15-10-6-8(4-5-9(10)14)16-20(3,18)19/h4-7,11,16H,1-3H3,(H,15,17). The molecule has 0 saturated heterocycles. The number of hydrogen-bond donors (Lipinski definition) is 2. The molecule has 8 heteroatoms. The summed E-state index contributed by atoms with van der Waals surface area (Å²) in [6, 6.07) is 4.51. The van der Waals surface area contributed by atoms with Gasteiger partial charge in [0.1, 0.15) is 0 Å². The number of carbonyl (C=O) groups is 1. The molecular formula is C12H16BrClN2O3S. The van der Waals surface area contributed by atoms with Gasteiger partial charge in [0.15, 0.2) is 0 Å². The smallest absolute Gasteiger partial charge is 0.238 e. The fourth-order valence-electron chi connectivity index (χ4n) is 1.40. The van der Waals surface area contributed by atoms with Gasteiger partial charge in [0.2, 0.25) is 15.9 Å². The summed E-state index contributed by atoms with van der Waals surface area (Å²) in [4.78, 5) is 11.6. The van der Waals surface area contributed by atoms with Gasteiger partial charge in [-0.15, -0.1) is 0 Å². The van der Waals surface area contributed by atoms with Gasteiger partial charge in [-0.1, -0.05) is 41.4 Å². The Labute approximate surface area is 132 Å². The summed E-state index contributed by atoms with van der Waals surface area (Å²) in [5.41, 5.74) is 0.693. The Morgan fingerprint density at radius 2 is 1.95 bits per heavy atom. The molecule has 0 spiro atoms. The van der Waals surface area contributed by atoms with Crippen molar-refractivity contribution in [3.8, 4) is 0 Å². The second kappa shape index (κ2) is 6.78. The predicted octanol–water partition coefficient (Wildman–Crippen LogP) is 3.07. The van der Waals surface area contributed by atoms with Crippen LogP contribution in [0.4, 0.5) is 11.4 Å². The minimum Gasteiger partial charge on any atom is -0.324 e. The number of benzene rings is 1. The van der Waals surface area contributed by atoms with Crippen LogP contribution in [0.3, 0.4) is 0 Å². The van der Waals surface area contributed by atoms with E-state index in [4.69, 9.17) is 11.6 Å². The zero-order chi connectivity index (χ0) is 15.5. The quantitative estimate of drug-likeness (QED) is 0.767. The molecule has 20 heavy (non-hydrogen) atoms. The number of rotatable bonds is 5. The SMILES string of the molecule is CC(C)C(Br)C(=O)Nc1cc(NS(C)(=O)=O)ccc1Cl. The van der Waals surface area contributed by atoms with Crippen LogP contribution in [-0.4, -0.2) is 25.4 Å². The van der Waals surface area contributed by atoms with Crippen molar-refractivity contribution in [1.82, 2.24) is 0 Å². The lowest BCUT2D eigenvalue weighted by molar-refractivity contribution is -0.116. The molecule has 0 aromatic heterocycles. The Kier molecular flexibility index (Phi) is 5.85. The molecule has 0 bridgehead atoms. The highest BCUT2D eigenvalue weighted by Crippen LogP contribution is 2.27. The van der Waals surface area contributed by atoms with Gasteiger partial charge in [-0.2, -0.15) is 0 Å². The molecule has 5 nitrogen and oxygen atoms in total. The second-order valence-corrected chi connectivity index (χ2v) is 7.85. The largest absolute Gasteiger partial charge is 0.324 e. The molecule has 0 heterocycles. The van der Waals surface area contributed by atoms with Crippen LogP contribution in [-0.2, 0) is 14.8 Å². The Hall–Kier alpha value is -0.790.